The summed E-state index contributed by atoms with van der Waals surface area (Å²) in [6.45, 7) is 0. The maximum Gasteiger partial charge on any atom is 0.285 e. The van der Waals surface area contributed by atoms with Gasteiger partial charge in [0, 0.05) is 23.5 Å². The lowest BCUT2D eigenvalue weighted by Gasteiger charge is -2.09. The molecule has 88 valence electrons. The highest BCUT2D eigenvalue weighted by atomic mass is 79.9. The van der Waals surface area contributed by atoms with Gasteiger partial charge in [-0.2, -0.15) is 0 Å². The predicted molar refractivity (Wildman–Crippen MR) is 76.6 cm³/mol. The van der Waals surface area contributed by atoms with Crippen LogP contribution in [-0.2, 0) is 0 Å². The number of amides is 1. The maximum absolute atomic E-state index is 11.6. The van der Waals surface area contributed by atoms with Gasteiger partial charge in [-0.1, -0.05) is 28.1 Å². The van der Waals surface area contributed by atoms with Gasteiger partial charge < -0.3 is 4.90 Å². The van der Waals surface area contributed by atoms with Crippen molar-refractivity contribution in [2.45, 2.75) is 4.90 Å². The largest absolute Gasteiger partial charge is 0.339 e. The molecule has 17 heavy (non-hydrogen) atoms. The number of carbonyl (C=O) groups excluding carboxylic acids is 1. The summed E-state index contributed by atoms with van der Waals surface area (Å²) in [7, 11) is 3.51. The standard InChI is InChI=1S/C13H12BrNOS/c1-15(2)13(16)17-12-6-4-9-3-5-11(14)7-10(9)8-12/h3-8H,1-2H3. The van der Waals surface area contributed by atoms with Crippen LogP contribution in [0, 0.1) is 0 Å². The Bertz CT molecular complexity index is 568. The second-order valence-corrected chi connectivity index (χ2v) is 5.86. The van der Waals surface area contributed by atoms with Crippen molar-refractivity contribution in [3.8, 4) is 0 Å². The molecule has 0 saturated carbocycles. The number of benzene rings is 2. The lowest BCUT2D eigenvalue weighted by atomic mass is 10.1. The van der Waals surface area contributed by atoms with Crippen molar-refractivity contribution < 1.29 is 4.79 Å². The number of nitrogens with zero attached hydrogens (tertiary/aromatic N) is 1. The number of halogens is 1. The van der Waals surface area contributed by atoms with E-state index in [4.69, 9.17) is 0 Å². The molecule has 2 rings (SSSR count). The molecule has 0 heterocycles. The summed E-state index contributed by atoms with van der Waals surface area (Å²) in [6.07, 6.45) is 0. The van der Waals surface area contributed by atoms with Crippen LogP contribution in [0.1, 0.15) is 0 Å². The average Bonchev–Trinajstić information content (AvgIpc) is 2.28. The zero-order chi connectivity index (χ0) is 12.4. The molecule has 0 saturated heterocycles. The van der Waals surface area contributed by atoms with Gasteiger partial charge in [0.2, 0.25) is 0 Å². The second kappa shape index (κ2) is 5.10. The molecule has 0 bridgehead atoms. The van der Waals surface area contributed by atoms with Crippen molar-refractivity contribution in [3.05, 3.63) is 40.9 Å². The topological polar surface area (TPSA) is 20.3 Å². The van der Waals surface area contributed by atoms with E-state index < -0.39 is 0 Å². The third-order valence-corrected chi connectivity index (χ3v) is 3.87. The summed E-state index contributed by atoms with van der Waals surface area (Å²) >= 11 is 4.69. The molecule has 0 unspecified atom stereocenters. The molecule has 0 spiro atoms. The third kappa shape index (κ3) is 3.01. The molecule has 4 heteroatoms. The molecule has 0 aromatic heterocycles. The monoisotopic (exact) mass is 309 g/mol. The second-order valence-electron chi connectivity index (χ2n) is 3.92. The van der Waals surface area contributed by atoms with Crippen LogP contribution in [0.15, 0.2) is 45.8 Å². The molecule has 2 nitrogen and oxygen atoms in total. The molecule has 0 aliphatic rings. The summed E-state index contributed by atoms with van der Waals surface area (Å²) in [5, 5.41) is 2.35. The Balaban J connectivity index is 2.34. The molecular weight excluding hydrogens is 298 g/mol. The molecule has 0 aliphatic carbocycles. The highest BCUT2D eigenvalue weighted by Gasteiger charge is 2.07. The number of fused-ring (bicyclic) bond motifs is 1. The van der Waals surface area contributed by atoms with E-state index >= 15 is 0 Å². The highest BCUT2D eigenvalue weighted by molar-refractivity contribution is 9.10. The van der Waals surface area contributed by atoms with Gasteiger partial charge in [-0.3, -0.25) is 4.79 Å². The Morgan fingerprint density at radius 3 is 2.53 bits per heavy atom. The molecule has 0 fully saturated rings. The van der Waals surface area contributed by atoms with E-state index in [0.29, 0.717) is 0 Å². The van der Waals surface area contributed by atoms with Crippen LogP contribution in [-0.4, -0.2) is 24.2 Å². The van der Waals surface area contributed by atoms with Crippen LogP contribution in [0.2, 0.25) is 0 Å². The van der Waals surface area contributed by atoms with E-state index in [1.54, 1.807) is 19.0 Å². The predicted octanol–water partition coefficient (Wildman–Crippen LogP) is 4.38. The number of rotatable bonds is 1. The lowest BCUT2D eigenvalue weighted by molar-refractivity contribution is 0.241. The fraction of sp³-hybridized carbons (Fsp3) is 0.154. The Morgan fingerprint density at radius 1 is 1.12 bits per heavy atom. The number of hydrogen-bond acceptors (Lipinski definition) is 2. The van der Waals surface area contributed by atoms with Crippen molar-refractivity contribution in [1.29, 1.82) is 0 Å². The van der Waals surface area contributed by atoms with Gasteiger partial charge in [0.25, 0.3) is 5.24 Å². The van der Waals surface area contributed by atoms with Crippen molar-refractivity contribution in [2.75, 3.05) is 14.1 Å². The van der Waals surface area contributed by atoms with E-state index in [2.05, 4.69) is 28.1 Å². The molecule has 0 N–H and O–H groups in total. The molecule has 0 radical (unpaired) electrons. The van der Waals surface area contributed by atoms with Gasteiger partial charge in [-0.05, 0) is 46.8 Å². The van der Waals surface area contributed by atoms with Crippen molar-refractivity contribution >= 4 is 43.7 Å². The van der Waals surface area contributed by atoms with Gasteiger partial charge in [-0.25, -0.2) is 0 Å². The van der Waals surface area contributed by atoms with Crippen LogP contribution < -0.4 is 0 Å². The van der Waals surface area contributed by atoms with Crippen molar-refractivity contribution in [3.63, 3.8) is 0 Å². The minimum atomic E-state index is 0.0411. The smallest absolute Gasteiger partial charge is 0.285 e. The zero-order valence-corrected chi connectivity index (χ0v) is 12.0. The fourth-order valence-electron chi connectivity index (χ4n) is 1.45. The summed E-state index contributed by atoms with van der Waals surface area (Å²) in [4.78, 5) is 14.1. The van der Waals surface area contributed by atoms with Gasteiger partial charge in [0.1, 0.15) is 0 Å². The minimum Gasteiger partial charge on any atom is -0.339 e. The van der Waals surface area contributed by atoms with Crippen LogP contribution in [0.25, 0.3) is 10.8 Å². The van der Waals surface area contributed by atoms with Gasteiger partial charge in [0.15, 0.2) is 0 Å². The van der Waals surface area contributed by atoms with Crippen LogP contribution >= 0.6 is 27.7 Å². The lowest BCUT2D eigenvalue weighted by Crippen LogP contribution is -2.15. The quantitative estimate of drug-likeness (QED) is 0.729. The number of thioether (sulfide) groups is 1. The molecule has 2 aromatic carbocycles. The van der Waals surface area contributed by atoms with E-state index in [1.165, 1.54) is 17.1 Å². The number of carbonyl (C=O) groups is 1. The van der Waals surface area contributed by atoms with Gasteiger partial charge >= 0.3 is 0 Å². The summed E-state index contributed by atoms with van der Waals surface area (Å²) in [5.74, 6) is 0. The summed E-state index contributed by atoms with van der Waals surface area (Å²) in [6, 6.07) is 12.2. The third-order valence-electron chi connectivity index (χ3n) is 2.34. The van der Waals surface area contributed by atoms with E-state index in [9.17, 15) is 4.79 Å². The average molecular weight is 310 g/mol. The Morgan fingerprint density at radius 2 is 1.82 bits per heavy atom. The number of hydrogen-bond donors (Lipinski definition) is 0. The first-order chi connectivity index (χ1) is 8.06. The van der Waals surface area contributed by atoms with E-state index in [0.717, 1.165) is 14.8 Å². The van der Waals surface area contributed by atoms with Crippen molar-refractivity contribution in [2.24, 2.45) is 0 Å². The van der Waals surface area contributed by atoms with E-state index in [1.807, 2.05) is 24.3 Å². The minimum absolute atomic E-state index is 0.0411. The van der Waals surface area contributed by atoms with Crippen LogP contribution in [0.3, 0.4) is 0 Å². The Hall–Kier alpha value is -1.00. The SMILES string of the molecule is CN(C)C(=O)Sc1ccc2ccc(Br)cc2c1. The molecule has 2 aromatic rings. The van der Waals surface area contributed by atoms with Crippen LogP contribution in [0.5, 0.6) is 0 Å². The Kier molecular flexibility index (Phi) is 3.74. The van der Waals surface area contributed by atoms with Gasteiger partial charge in [-0.15, -0.1) is 0 Å². The zero-order valence-electron chi connectivity index (χ0n) is 9.61. The Labute approximate surface area is 113 Å². The normalized spacial score (nSPS) is 10.5. The highest BCUT2D eigenvalue weighted by Crippen LogP contribution is 2.27. The summed E-state index contributed by atoms with van der Waals surface area (Å²) < 4.78 is 1.05. The first-order valence-corrected chi connectivity index (χ1v) is 6.75. The molecular formula is C13H12BrNOS. The van der Waals surface area contributed by atoms with E-state index in [-0.39, 0.29) is 5.24 Å². The molecule has 1 amide bonds. The summed E-state index contributed by atoms with van der Waals surface area (Å²) in [5.41, 5.74) is 0. The first-order valence-electron chi connectivity index (χ1n) is 5.15. The fourth-order valence-corrected chi connectivity index (χ4v) is 2.54. The van der Waals surface area contributed by atoms with Gasteiger partial charge in [0.05, 0.1) is 0 Å². The van der Waals surface area contributed by atoms with Crippen LogP contribution in [0.4, 0.5) is 4.79 Å². The maximum atomic E-state index is 11.6. The molecule has 0 aliphatic heterocycles. The first kappa shape index (κ1) is 12.5. The molecule has 0 atom stereocenters. The van der Waals surface area contributed by atoms with Crippen molar-refractivity contribution in [1.82, 2.24) is 4.90 Å².